The van der Waals surface area contributed by atoms with Gasteiger partial charge in [-0.05, 0) is 43.8 Å². The zero-order chi connectivity index (χ0) is 21.4. The summed E-state index contributed by atoms with van der Waals surface area (Å²) in [5.41, 5.74) is 2.29. The van der Waals surface area contributed by atoms with Crippen LogP contribution in [0.15, 0.2) is 47.3 Å². The van der Waals surface area contributed by atoms with Crippen molar-refractivity contribution in [1.29, 1.82) is 0 Å². The summed E-state index contributed by atoms with van der Waals surface area (Å²) in [6, 6.07) is 9.17. The van der Waals surface area contributed by atoms with Crippen molar-refractivity contribution in [3.63, 3.8) is 0 Å². The number of benzene rings is 1. The Kier molecular flexibility index (Phi) is 5.58. The van der Waals surface area contributed by atoms with E-state index in [1.807, 2.05) is 37.1 Å². The zero-order valence-electron chi connectivity index (χ0n) is 17.1. The van der Waals surface area contributed by atoms with Crippen LogP contribution in [0.25, 0.3) is 6.08 Å². The van der Waals surface area contributed by atoms with Crippen molar-refractivity contribution in [3.8, 4) is 0 Å². The molecule has 1 fully saturated rings. The van der Waals surface area contributed by atoms with Gasteiger partial charge in [-0.15, -0.1) is 0 Å². The van der Waals surface area contributed by atoms with E-state index in [1.165, 1.54) is 12.1 Å². The van der Waals surface area contributed by atoms with Gasteiger partial charge in [-0.1, -0.05) is 24.3 Å². The highest BCUT2D eigenvalue weighted by atomic mass is 19.1. The first kappa shape index (κ1) is 20.5. The second-order valence-electron chi connectivity index (χ2n) is 8.04. The van der Waals surface area contributed by atoms with Crippen molar-refractivity contribution >= 4 is 12.0 Å². The fourth-order valence-electron chi connectivity index (χ4n) is 4.99. The van der Waals surface area contributed by atoms with Crippen LogP contribution in [0.1, 0.15) is 29.8 Å². The number of aliphatic hydroxyl groups is 1. The summed E-state index contributed by atoms with van der Waals surface area (Å²) in [5.74, 6) is -0.789. The number of nitrogens with one attached hydrogen (secondary N) is 1. The molecule has 0 spiro atoms. The lowest BCUT2D eigenvalue weighted by atomic mass is 9.88. The number of amides is 1. The highest BCUT2D eigenvalue weighted by Gasteiger charge is 2.54. The minimum Gasteiger partial charge on any atom is -0.396 e. The van der Waals surface area contributed by atoms with Crippen LogP contribution in [0.2, 0.25) is 0 Å². The standard InChI is InChI=1S/C23H26FN3O3/c1-3-4-15-7-10-19-20-17(12-27(19)23(15)30)18(13-28)21(26(20)2)22(29)25-11-14-5-8-16(24)9-6-14/h3-10,17-18,20-21,28H,11-13H2,1-2H3,(H,25,29)/b4-3-/t17-,18-,20+,21-/m0/s1. The van der Waals surface area contributed by atoms with Crippen LogP contribution in [0.3, 0.4) is 0 Å². The molecule has 6 nitrogen and oxygen atoms in total. The molecule has 1 amide bonds. The summed E-state index contributed by atoms with van der Waals surface area (Å²) < 4.78 is 14.9. The van der Waals surface area contributed by atoms with Crippen LogP contribution in [0.4, 0.5) is 4.39 Å². The Morgan fingerprint density at radius 2 is 2.00 bits per heavy atom. The first-order valence-electron chi connectivity index (χ1n) is 10.2. The quantitative estimate of drug-likeness (QED) is 0.789. The molecule has 2 aromatic rings. The molecular formula is C23H26FN3O3. The summed E-state index contributed by atoms with van der Waals surface area (Å²) >= 11 is 0. The van der Waals surface area contributed by atoms with Crippen LogP contribution in [0, 0.1) is 17.7 Å². The van der Waals surface area contributed by atoms with E-state index in [0.717, 1.165) is 11.3 Å². The molecule has 2 aliphatic heterocycles. The monoisotopic (exact) mass is 411 g/mol. The molecule has 0 bridgehead atoms. The number of rotatable bonds is 5. The van der Waals surface area contributed by atoms with E-state index in [9.17, 15) is 19.1 Å². The lowest BCUT2D eigenvalue weighted by Gasteiger charge is -2.27. The Labute approximate surface area is 174 Å². The predicted octanol–water partition coefficient (Wildman–Crippen LogP) is 1.93. The highest BCUT2D eigenvalue weighted by Crippen LogP contribution is 2.48. The van der Waals surface area contributed by atoms with Crippen molar-refractivity contribution < 1.29 is 14.3 Å². The van der Waals surface area contributed by atoms with Gasteiger partial charge in [0.1, 0.15) is 5.82 Å². The molecule has 4 atom stereocenters. The molecule has 0 aliphatic carbocycles. The number of likely N-dealkylation sites (tertiary alicyclic amines) is 1. The van der Waals surface area contributed by atoms with Crippen LogP contribution in [-0.4, -0.2) is 40.2 Å². The van der Waals surface area contributed by atoms with E-state index in [4.69, 9.17) is 0 Å². The maximum Gasteiger partial charge on any atom is 0.258 e. The van der Waals surface area contributed by atoms with Gasteiger partial charge in [-0.2, -0.15) is 0 Å². The maximum absolute atomic E-state index is 13.1. The average molecular weight is 411 g/mol. The smallest absolute Gasteiger partial charge is 0.258 e. The van der Waals surface area contributed by atoms with Crippen LogP contribution < -0.4 is 10.9 Å². The lowest BCUT2D eigenvalue weighted by Crippen LogP contribution is -2.46. The fourth-order valence-corrected chi connectivity index (χ4v) is 4.99. The average Bonchev–Trinajstić information content (AvgIpc) is 3.25. The Bertz CT molecular complexity index is 1030. The van der Waals surface area contributed by atoms with Gasteiger partial charge in [0.25, 0.3) is 5.56 Å². The van der Waals surface area contributed by atoms with Crippen LogP contribution in [-0.2, 0) is 17.9 Å². The Morgan fingerprint density at radius 1 is 1.27 bits per heavy atom. The number of allylic oxidation sites excluding steroid dienone is 1. The number of hydrogen-bond acceptors (Lipinski definition) is 4. The highest BCUT2D eigenvalue weighted by molar-refractivity contribution is 5.82. The number of halogens is 1. The van der Waals surface area contributed by atoms with Gasteiger partial charge >= 0.3 is 0 Å². The van der Waals surface area contributed by atoms with E-state index in [2.05, 4.69) is 5.32 Å². The van der Waals surface area contributed by atoms with Crippen molar-refractivity contribution in [1.82, 2.24) is 14.8 Å². The minimum atomic E-state index is -0.496. The van der Waals surface area contributed by atoms with Gasteiger partial charge < -0.3 is 15.0 Å². The molecule has 1 aromatic carbocycles. The molecule has 1 aromatic heterocycles. The number of carbonyl (C=O) groups excluding carboxylic acids is 1. The van der Waals surface area contributed by atoms with Gasteiger partial charge in [0, 0.05) is 42.8 Å². The van der Waals surface area contributed by atoms with E-state index in [0.29, 0.717) is 18.7 Å². The molecule has 0 radical (unpaired) electrons. The van der Waals surface area contributed by atoms with Gasteiger partial charge in [0.05, 0.1) is 12.1 Å². The van der Waals surface area contributed by atoms with Crippen molar-refractivity contribution in [2.45, 2.75) is 32.1 Å². The third-order valence-electron chi connectivity index (χ3n) is 6.38. The number of nitrogens with zero attached hydrogens (tertiary/aromatic N) is 2. The van der Waals surface area contributed by atoms with E-state index < -0.39 is 6.04 Å². The molecule has 158 valence electrons. The maximum atomic E-state index is 13.1. The number of aromatic nitrogens is 1. The number of fused-ring (bicyclic) bond motifs is 3. The first-order valence-corrected chi connectivity index (χ1v) is 10.2. The van der Waals surface area contributed by atoms with Gasteiger partial charge in [0.15, 0.2) is 0 Å². The second-order valence-corrected chi connectivity index (χ2v) is 8.04. The van der Waals surface area contributed by atoms with E-state index in [1.54, 1.807) is 22.8 Å². The first-order chi connectivity index (χ1) is 14.5. The number of aliphatic hydroxyl groups excluding tert-OH is 1. The van der Waals surface area contributed by atoms with Gasteiger partial charge in [-0.25, -0.2) is 4.39 Å². The molecule has 7 heteroatoms. The van der Waals surface area contributed by atoms with Gasteiger partial charge in [0.2, 0.25) is 5.91 Å². The summed E-state index contributed by atoms with van der Waals surface area (Å²) in [7, 11) is 1.87. The Morgan fingerprint density at radius 3 is 2.67 bits per heavy atom. The SMILES string of the molecule is C/C=C\c1ccc2n(c1=O)C[C@H]1[C@H](CO)[C@@H](C(=O)NCc3ccc(F)cc3)N(C)[C@@H]21. The summed E-state index contributed by atoms with van der Waals surface area (Å²) in [6.07, 6.45) is 3.63. The summed E-state index contributed by atoms with van der Waals surface area (Å²) in [6.45, 7) is 2.52. The lowest BCUT2D eigenvalue weighted by molar-refractivity contribution is -0.127. The molecule has 4 rings (SSSR count). The Balaban J connectivity index is 1.56. The number of carbonyl (C=O) groups is 1. The molecule has 3 heterocycles. The van der Waals surface area contributed by atoms with Crippen LogP contribution in [0.5, 0.6) is 0 Å². The van der Waals surface area contributed by atoms with Gasteiger partial charge in [-0.3, -0.25) is 14.5 Å². The Hall–Kier alpha value is -2.77. The van der Waals surface area contributed by atoms with Crippen molar-refractivity contribution in [2.24, 2.45) is 11.8 Å². The van der Waals surface area contributed by atoms with E-state index >= 15 is 0 Å². The number of likely N-dealkylation sites (N-methyl/N-ethyl adjacent to an activating group) is 1. The number of hydrogen-bond donors (Lipinski definition) is 2. The van der Waals surface area contributed by atoms with Crippen molar-refractivity contribution in [3.05, 3.63) is 75.5 Å². The molecule has 0 saturated carbocycles. The summed E-state index contributed by atoms with van der Waals surface area (Å²) in [5, 5.41) is 13.0. The fraction of sp³-hybridized carbons (Fsp3) is 0.391. The molecule has 30 heavy (non-hydrogen) atoms. The molecule has 0 unspecified atom stereocenters. The number of pyridine rings is 1. The molecule has 1 saturated heterocycles. The molecular weight excluding hydrogens is 385 g/mol. The topological polar surface area (TPSA) is 74.6 Å². The summed E-state index contributed by atoms with van der Waals surface area (Å²) in [4.78, 5) is 27.8. The van der Waals surface area contributed by atoms with Crippen LogP contribution >= 0.6 is 0 Å². The largest absolute Gasteiger partial charge is 0.396 e. The van der Waals surface area contributed by atoms with Crippen molar-refractivity contribution in [2.75, 3.05) is 13.7 Å². The minimum absolute atomic E-state index is 0.0184. The normalized spacial score (nSPS) is 25.5. The second kappa shape index (κ2) is 8.16. The third-order valence-corrected chi connectivity index (χ3v) is 6.38. The predicted molar refractivity (Wildman–Crippen MR) is 112 cm³/mol. The van der Waals surface area contributed by atoms with E-state index in [-0.39, 0.29) is 41.8 Å². The molecule has 2 N–H and O–H groups in total. The zero-order valence-corrected chi connectivity index (χ0v) is 17.1. The third kappa shape index (κ3) is 3.38. The molecule has 2 aliphatic rings.